The molecule has 0 spiro atoms. The number of methoxy groups -OCH3 is 1. The van der Waals surface area contributed by atoms with E-state index in [1.54, 1.807) is 37.3 Å². The van der Waals surface area contributed by atoms with Crippen molar-refractivity contribution in [3.05, 3.63) is 106 Å². The second kappa shape index (κ2) is 9.68. The lowest BCUT2D eigenvalue weighted by molar-refractivity contribution is 0.413. The van der Waals surface area contributed by atoms with Gasteiger partial charge in [-0.05, 0) is 66.6 Å². The van der Waals surface area contributed by atoms with E-state index in [0.717, 1.165) is 11.1 Å². The van der Waals surface area contributed by atoms with Crippen molar-refractivity contribution >= 4 is 38.3 Å². The third kappa shape index (κ3) is 4.91. The van der Waals surface area contributed by atoms with Crippen LogP contribution in [0.15, 0.2) is 94.9 Å². The van der Waals surface area contributed by atoms with Crippen molar-refractivity contribution in [3.63, 3.8) is 0 Å². The van der Waals surface area contributed by atoms with Gasteiger partial charge in [0.25, 0.3) is 15.6 Å². The largest absolute Gasteiger partial charge is 0.495 e. The number of ether oxygens (including phenoxy) is 1. The number of nitrogens with zero attached hydrogens (tertiary/aromatic N) is 3. The van der Waals surface area contributed by atoms with Gasteiger partial charge in [0.2, 0.25) is 0 Å². The second-order valence-electron chi connectivity index (χ2n) is 8.27. The number of nitrogens with one attached hydrogen (secondary N) is 1. The summed E-state index contributed by atoms with van der Waals surface area (Å²) in [5.41, 5.74) is 3.25. The molecule has 5 aromatic rings. The van der Waals surface area contributed by atoms with E-state index in [0.29, 0.717) is 33.1 Å². The van der Waals surface area contributed by atoms with E-state index in [-0.39, 0.29) is 16.3 Å². The molecule has 0 aliphatic carbocycles. The highest BCUT2D eigenvalue weighted by Crippen LogP contribution is 2.32. The van der Waals surface area contributed by atoms with Gasteiger partial charge in [0.1, 0.15) is 17.9 Å². The number of aryl methyl sites for hydroxylation is 1. The zero-order valence-corrected chi connectivity index (χ0v) is 21.4. The van der Waals surface area contributed by atoms with Crippen molar-refractivity contribution in [1.82, 2.24) is 14.5 Å². The molecule has 0 aliphatic rings. The van der Waals surface area contributed by atoms with Crippen LogP contribution in [0.3, 0.4) is 0 Å². The maximum atomic E-state index is 13.0. The number of rotatable bonds is 6. The molecule has 2 aromatic heterocycles. The molecule has 0 unspecified atom stereocenters. The normalized spacial score (nSPS) is 11.4. The third-order valence-electron chi connectivity index (χ3n) is 5.82. The number of hydrogen-bond acceptors (Lipinski definition) is 6. The summed E-state index contributed by atoms with van der Waals surface area (Å²) in [4.78, 5) is 21.0. The zero-order chi connectivity index (χ0) is 26.2. The monoisotopic (exact) mass is 532 g/mol. The van der Waals surface area contributed by atoms with Crippen molar-refractivity contribution in [2.24, 2.45) is 0 Å². The Morgan fingerprint density at radius 1 is 0.892 bits per heavy atom. The molecule has 0 saturated heterocycles. The highest BCUT2D eigenvalue weighted by Gasteiger charge is 2.18. The van der Waals surface area contributed by atoms with Crippen LogP contribution in [0.2, 0.25) is 5.02 Å². The summed E-state index contributed by atoms with van der Waals surface area (Å²) in [6, 6.07) is 22.0. The minimum atomic E-state index is -3.92. The molecule has 5 rings (SSSR count). The van der Waals surface area contributed by atoms with E-state index in [1.165, 1.54) is 42.3 Å². The standard InChI is InChI=1S/C27H21ClN4O4S/c1-17-13-26(30-16-29-17)31-37(34,35)22-9-11-23-20(14-22)6-12-27(33)32(23)24-10-5-19(15-25(24)36-2)18-3-7-21(28)8-4-18/h3-16H,1-2H3,(H,29,30,31). The fourth-order valence-electron chi connectivity index (χ4n) is 4.03. The number of benzene rings is 3. The SMILES string of the molecule is COc1cc(-c2ccc(Cl)cc2)ccc1-n1c(=O)ccc2cc(S(=O)(=O)Nc3cc(C)ncn3)ccc21. The van der Waals surface area contributed by atoms with Crippen LogP contribution in [0.1, 0.15) is 5.69 Å². The van der Waals surface area contributed by atoms with Crippen LogP contribution in [0, 0.1) is 6.92 Å². The number of fused-ring (bicyclic) bond motifs is 1. The third-order valence-corrected chi connectivity index (χ3v) is 7.42. The fraction of sp³-hybridized carbons (Fsp3) is 0.0741. The van der Waals surface area contributed by atoms with Gasteiger partial charge in [-0.2, -0.15) is 0 Å². The number of halogens is 1. The molecule has 1 N–H and O–H groups in total. The van der Waals surface area contributed by atoms with Crippen molar-refractivity contribution in [2.75, 3.05) is 11.8 Å². The molecule has 3 aromatic carbocycles. The maximum Gasteiger partial charge on any atom is 0.263 e. The molecule has 186 valence electrons. The molecule has 0 aliphatic heterocycles. The molecule has 8 nitrogen and oxygen atoms in total. The Balaban J connectivity index is 1.58. The van der Waals surface area contributed by atoms with Crippen molar-refractivity contribution < 1.29 is 13.2 Å². The molecule has 0 atom stereocenters. The first-order chi connectivity index (χ1) is 17.7. The molecule has 0 saturated carbocycles. The van der Waals surface area contributed by atoms with E-state index in [1.807, 2.05) is 24.3 Å². The highest BCUT2D eigenvalue weighted by molar-refractivity contribution is 7.92. The predicted octanol–water partition coefficient (Wildman–Crippen LogP) is 5.22. The van der Waals surface area contributed by atoms with Gasteiger partial charge in [-0.1, -0.05) is 29.8 Å². The average molecular weight is 533 g/mol. The van der Waals surface area contributed by atoms with Gasteiger partial charge in [0, 0.05) is 28.2 Å². The van der Waals surface area contributed by atoms with Gasteiger partial charge in [0.05, 0.1) is 23.2 Å². The number of aromatic nitrogens is 3. The Morgan fingerprint density at radius 2 is 1.65 bits per heavy atom. The minimum Gasteiger partial charge on any atom is -0.495 e. The molecule has 2 heterocycles. The lowest BCUT2D eigenvalue weighted by Gasteiger charge is -2.16. The van der Waals surface area contributed by atoms with Crippen LogP contribution >= 0.6 is 11.6 Å². The summed E-state index contributed by atoms with van der Waals surface area (Å²) in [6.45, 7) is 1.74. The van der Waals surface area contributed by atoms with Crippen LogP contribution < -0.4 is 15.0 Å². The Kier molecular flexibility index (Phi) is 6.41. The van der Waals surface area contributed by atoms with Gasteiger partial charge >= 0.3 is 0 Å². The number of hydrogen-bond donors (Lipinski definition) is 1. The van der Waals surface area contributed by atoms with Crippen molar-refractivity contribution in [1.29, 1.82) is 0 Å². The summed E-state index contributed by atoms with van der Waals surface area (Å²) in [5.74, 6) is 0.655. The van der Waals surface area contributed by atoms with E-state index in [4.69, 9.17) is 16.3 Å². The summed E-state index contributed by atoms with van der Waals surface area (Å²) < 4.78 is 35.6. The molecule has 0 radical (unpaired) electrons. The van der Waals surface area contributed by atoms with Crippen LogP contribution in [-0.4, -0.2) is 30.1 Å². The number of anilines is 1. The maximum absolute atomic E-state index is 13.0. The average Bonchev–Trinajstić information content (AvgIpc) is 2.88. The molecule has 0 amide bonds. The summed E-state index contributed by atoms with van der Waals surface area (Å²) in [5, 5.41) is 1.20. The fourth-order valence-corrected chi connectivity index (χ4v) is 5.19. The predicted molar refractivity (Wildman–Crippen MR) is 144 cm³/mol. The second-order valence-corrected chi connectivity index (χ2v) is 10.4. The summed E-state index contributed by atoms with van der Waals surface area (Å²) >= 11 is 6.01. The topological polar surface area (TPSA) is 103 Å². The highest BCUT2D eigenvalue weighted by atomic mass is 35.5. The Labute approximate surface area is 218 Å². The van der Waals surface area contributed by atoms with Gasteiger partial charge in [-0.25, -0.2) is 18.4 Å². The van der Waals surface area contributed by atoms with E-state index >= 15 is 0 Å². The first-order valence-electron chi connectivity index (χ1n) is 11.2. The number of pyridine rings is 1. The summed E-state index contributed by atoms with van der Waals surface area (Å²) in [6.07, 6.45) is 1.29. The number of sulfonamides is 1. The molecule has 37 heavy (non-hydrogen) atoms. The van der Waals surface area contributed by atoms with Crippen LogP contribution in [0.25, 0.3) is 27.7 Å². The first kappa shape index (κ1) is 24.5. The van der Waals surface area contributed by atoms with Crippen LogP contribution in [-0.2, 0) is 10.0 Å². The van der Waals surface area contributed by atoms with Gasteiger partial charge in [0.15, 0.2) is 0 Å². The molecular weight excluding hydrogens is 512 g/mol. The molecule has 0 bridgehead atoms. The van der Waals surface area contributed by atoms with Gasteiger partial charge in [-0.15, -0.1) is 0 Å². The smallest absolute Gasteiger partial charge is 0.263 e. The Hall–Kier alpha value is -4.21. The van der Waals surface area contributed by atoms with Gasteiger partial charge < -0.3 is 4.74 Å². The lowest BCUT2D eigenvalue weighted by Crippen LogP contribution is -2.19. The van der Waals surface area contributed by atoms with E-state index < -0.39 is 10.0 Å². The Bertz CT molecular complexity index is 1800. The summed E-state index contributed by atoms with van der Waals surface area (Å²) in [7, 11) is -2.39. The quantitative estimate of drug-likeness (QED) is 0.321. The molecule has 10 heteroatoms. The van der Waals surface area contributed by atoms with Gasteiger partial charge in [-0.3, -0.25) is 14.1 Å². The molecular formula is C27H21ClN4O4S. The lowest BCUT2D eigenvalue weighted by atomic mass is 10.0. The van der Waals surface area contributed by atoms with Crippen molar-refractivity contribution in [2.45, 2.75) is 11.8 Å². The molecule has 0 fully saturated rings. The Morgan fingerprint density at radius 3 is 2.38 bits per heavy atom. The minimum absolute atomic E-state index is 0.0338. The van der Waals surface area contributed by atoms with Crippen LogP contribution in [0.4, 0.5) is 5.82 Å². The van der Waals surface area contributed by atoms with E-state index in [2.05, 4.69) is 14.7 Å². The van der Waals surface area contributed by atoms with E-state index in [9.17, 15) is 13.2 Å². The first-order valence-corrected chi connectivity index (χ1v) is 13.0. The van der Waals surface area contributed by atoms with Crippen molar-refractivity contribution in [3.8, 4) is 22.6 Å². The zero-order valence-electron chi connectivity index (χ0n) is 19.8. The van der Waals surface area contributed by atoms with Crippen LogP contribution in [0.5, 0.6) is 5.75 Å².